The molecule has 1 N–H and O–H groups in total. The van der Waals surface area contributed by atoms with Gasteiger partial charge in [-0.25, -0.2) is 9.37 Å². The summed E-state index contributed by atoms with van der Waals surface area (Å²) in [6, 6.07) is 8.10. The van der Waals surface area contributed by atoms with Crippen molar-refractivity contribution < 1.29 is 14.2 Å². The van der Waals surface area contributed by atoms with Gasteiger partial charge in [0.15, 0.2) is 0 Å². The van der Waals surface area contributed by atoms with Crippen molar-refractivity contribution >= 4 is 0 Å². The Morgan fingerprint density at radius 2 is 2.19 bits per heavy atom. The van der Waals surface area contributed by atoms with Gasteiger partial charge in [0.2, 0.25) is 0 Å². The van der Waals surface area contributed by atoms with Crippen LogP contribution in [-0.2, 0) is 4.74 Å². The molecule has 5 rings (SSSR count). The summed E-state index contributed by atoms with van der Waals surface area (Å²) >= 11 is 0. The molecule has 26 heavy (non-hydrogen) atoms. The molecule has 0 amide bonds. The maximum atomic E-state index is 14.6. The highest BCUT2D eigenvalue weighted by atomic mass is 19.1. The maximum absolute atomic E-state index is 14.6. The molecule has 5 heteroatoms. The summed E-state index contributed by atoms with van der Waals surface area (Å²) in [4.78, 5) is 4.24. The highest BCUT2D eigenvalue weighted by Gasteiger charge is 2.37. The Bertz CT molecular complexity index is 916. The minimum Gasteiger partial charge on any atom is -0.388 e. The smallest absolute Gasteiger partial charge is 0.127 e. The van der Waals surface area contributed by atoms with E-state index in [2.05, 4.69) is 21.7 Å². The zero-order valence-electron chi connectivity index (χ0n) is 14.5. The molecule has 4 nitrogen and oxygen atoms in total. The van der Waals surface area contributed by atoms with Gasteiger partial charge in [0, 0.05) is 23.5 Å². The molecule has 0 spiro atoms. The van der Waals surface area contributed by atoms with Crippen LogP contribution in [0, 0.1) is 5.92 Å². The van der Waals surface area contributed by atoms with E-state index in [1.165, 1.54) is 6.08 Å². The normalized spacial score (nSPS) is 30.3. The fourth-order valence-electron chi connectivity index (χ4n) is 4.60. The van der Waals surface area contributed by atoms with Crippen molar-refractivity contribution in [2.45, 2.75) is 44.1 Å². The van der Waals surface area contributed by atoms with Gasteiger partial charge in [0.05, 0.1) is 42.6 Å². The lowest BCUT2D eigenvalue weighted by atomic mass is 9.87. The lowest BCUT2D eigenvalue weighted by molar-refractivity contribution is 0.0749. The Balaban J connectivity index is 1.44. The summed E-state index contributed by atoms with van der Waals surface area (Å²) in [7, 11) is 0. The SMILES string of the molecule is CC1CC2C=C(C(O)CC3c4ccccc4-c4cncn43)C(F)=CC2O1. The third-order valence-electron chi connectivity index (χ3n) is 5.80. The van der Waals surface area contributed by atoms with Crippen molar-refractivity contribution in [2.75, 3.05) is 0 Å². The zero-order valence-corrected chi connectivity index (χ0v) is 14.5. The molecule has 134 valence electrons. The molecular formula is C21H21FN2O2. The highest BCUT2D eigenvalue weighted by Crippen LogP contribution is 2.43. The molecule has 1 aliphatic carbocycles. The Kier molecular flexibility index (Phi) is 3.62. The molecule has 3 aliphatic rings. The number of aromatic nitrogens is 2. The minimum absolute atomic E-state index is 0.0381. The number of imidazole rings is 1. The van der Waals surface area contributed by atoms with E-state index in [-0.39, 0.29) is 30.0 Å². The van der Waals surface area contributed by atoms with E-state index in [4.69, 9.17) is 4.74 Å². The average molecular weight is 352 g/mol. The van der Waals surface area contributed by atoms with Crippen LogP contribution in [0.5, 0.6) is 0 Å². The fourth-order valence-corrected chi connectivity index (χ4v) is 4.60. The van der Waals surface area contributed by atoms with E-state index in [1.54, 1.807) is 6.33 Å². The van der Waals surface area contributed by atoms with Gasteiger partial charge in [-0.15, -0.1) is 0 Å². The number of benzene rings is 1. The van der Waals surface area contributed by atoms with E-state index in [1.807, 2.05) is 31.3 Å². The van der Waals surface area contributed by atoms with Gasteiger partial charge in [0.1, 0.15) is 5.83 Å². The number of ether oxygens (including phenoxy) is 1. The van der Waals surface area contributed by atoms with Crippen molar-refractivity contribution in [3.63, 3.8) is 0 Å². The molecule has 0 radical (unpaired) electrons. The number of hydrogen-bond donors (Lipinski definition) is 1. The van der Waals surface area contributed by atoms with E-state index >= 15 is 0 Å². The van der Waals surface area contributed by atoms with Gasteiger partial charge >= 0.3 is 0 Å². The largest absolute Gasteiger partial charge is 0.388 e. The van der Waals surface area contributed by atoms with Crippen molar-refractivity contribution in [1.29, 1.82) is 0 Å². The van der Waals surface area contributed by atoms with E-state index < -0.39 is 6.10 Å². The lowest BCUT2D eigenvalue weighted by Gasteiger charge is -2.25. The highest BCUT2D eigenvalue weighted by molar-refractivity contribution is 5.69. The van der Waals surface area contributed by atoms with Gasteiger partial charge < -0.3 is 14.4 Å². The Labute approximate surface area is 151 Å². The predicted octanol–water partition coefficient (Wildman–Crippen LogP) is 3.79. The second kappa shape index (κ2) is 5.89. The molecule has 2 aromatic rings. The minimum atomic E-state index is -0.866. The van der Waals surface area contributed by atoms with Crippen LogP contribution in [0.1, 0.15) is 31.4 Å². The van der Waals surface area contributed by atoms with Gasteiger partial charge in [0.25, 0.3) is 0 Å². The first-order chi connectivity index (χ1) is 12.6. The van der Waals surface area contributed by atoms with Crippen LogP contribution in [-0.4, -0.2) is 33.0 Å². The first kappa shape index (κ1) is 16.0. The first-order valence-electron chi connectivity index (χ1n) is 9.16. The molecule has 1 fully saturated rings. The third-order valence-corrected chi connectivity index (χ3v) is 5.80. The van der Waals surface area contributed by atoms with Gasteiger partial charge in [-0.1, -0.05) is 30.3 Å². The van der Waals surface area contributed by atoms with Crippen molar-refractivity contribution in [3.8, 4) is 11.3 Å². The molecule has 2 aliphatic heterocycles. The number of aliphatic hydroxyl groups excluding tert-OH is 1. The summed E-state index contributed by atoms with van der Waals surface area (Å²) in [5.74, 6) is -0.209. The van der Waals surface area contributed by atoms with E-state index in [0.29, 0.717) is 12.0 Å². The fraction of sp³-hybridized carbons (Fsp3) is 0.381. The summed E-state index contributed by atoms with van der Waals surface area (Å²) in [5.41, 5.74) is 3.73. The van der Waals surface area contributed by atoms with Crippen LogP contribution < -0.4 is 0 Å². The van der Waals surface area contributed by atoms with E-state index in [0.717, 1.165) is 23.2 Å². The van der Waals surface area contributed by atoms with Gasteiger partial charge in [-0.2, -0.15) is 0 Å². The Morgan fingerprint density at radius 3 is 3.08 bits per heavy atom. The standard InChI is InChI=1S/C21H21FN2O2/c1-12-6-13-7-16(17(22)8-21(13)26-12)20(25)9-18-14-4-2-3-5-15(14)19-10-23-11-24(18)19/h2-5,7-8,10-13,18,20-21,25H,6,9H2,1H3. The molecule has 0 bridgehead atoms. The van der Waals surface area contributed by atoms with Crippen molar-refractivity contribution in [2.24, 2.45) is 5.92 Å². The molecule has 5 unspecified atom stereocenters. The lowest BCUT2D eigenvalue weighted by Crippen LogP contribution is -2.24. The first-order valence-corrected chi connectivity index (χ1v) is 9.16. The summed E-state index contributed by atoms with van der Waals surface area (Å²) in [6.07, 6.45) is 7.37. The topological polar surface area (TPSA) is 47.3 Å². The molecule has 1 aromatic carbocycles. The molecular weight excluding hydrogens is 331 g/mol. The number of halogens is 1. The van der Waals surface area contributed by atoms with Crippen LogP contribution in [0.25, 0.3) is 11.3 Å². The Morgan fingerprint density at radius 1 is 1.35 bits per heavy atom. The quantitative estimate of drug-likeness (QED) is 0.914. The second-order valence-corrected chi connectivity index (χ2v) is 7.49. The maximum Gasteiger partial charge on any atom is 0.127 e. The Hall–Kier alpha value is -2.24. The average Bonchev–Trinajstić information content (AvgIpc) is 3.29. The predicted molar refractivity (Wildman–Crippen MR) is 96.1 cm³/mol. The number of hydrogen-bond acceptors (Lipinski definition) is 3. The number of rotatable bonds is 3. The van der Waals surface area contributed by atoms with Gasteiger partial charge in [-0.05, 0) is 25.0 Å². The van der Waals surface area contributed by atoms with Crippen LogP contribution in [0.3, 0.4) is 0 Å². The molecule has 1 saturated heterocycles. The summed E-state index contributed by atoms with van der Waals surface area (Å²) in [5, 5.41) is 10.9. The zero-order chi connectivity index (χ0) is 17.8. The second-order valence-electron chi connectivity index (χ2n) is 7.49. The van der Waals surface area contributed by atoms with Crippen LogP contribution in [0.2, 0.25) is 0 Å². The summed E-state index contributed by atoms with van der Waals surface area (Å²) in [6.45, 7) is 2.00. The van der Waals surface area contributed by atoms with Crippen LogP contribution in [0.15, 0.2) is 60.3 Å². The number of aliphatic hydroxyl groups is 1. The van der Waals surface area contributed by atoms with Crippen LogP contribution in [0.4, 0.5) is 4.39 Å². The third kappa shape index (κ3) is 2.38. The molecule has 3 heterocycles. The molecule has 5 atom stereocenters. The number of nitrogens with zero attached hydrogens (tertiary/aromatic N) is 2. The number of fused-ring (bicyclic) bond motifs is 4. The molecule has 0 saturated carbocycles. The van der Waals surface area contributed by atoms with Crippen molar-refractivity contribution in [1.82, 2.24) is 9.55 Å². The van der Waals surface area contributed by atoms with Gasteiger partial charge in [-0.3, -0.25) is 0 Å². The van der Waals surface area contributed by atoms with E-state index in [9.17, 15) is 9.50 Å². The van der Waals surface area contributed by atoms with Crippen molar-refractivity contribution in [3.05, 3.63) is 65.9 Å². The monoisotopic (exact) mass is 352 g/mol. The molecule has 1 aromatic heterocycles. The summed E-state index contributed by atoms with van der Waals surface area (Å²) < 4.78 is 22.4. The van der Waals surface area contributed by atoms with Crippen LogP contribution >= 0.6 is 0 Å².